The smallest absolute Gasteiger partial charge is 0.316 e. The minimum Gasteiger partial charge on any atom is -0.455 e. The van der Waals surface area contributed by atoms with Crippen LogP contribution in [-0.4, -0.2) is 29.2 Å². The van der Waals surface area contributed by atoms with Crippen molar-refractivity contribution < 1.29 is 23.6 Å². The number of ether oxygens (including phenoxy) is 1. The standard InChI is InChI=1S/C17H15FN2O5S/c1-11-2-3-12(8-15(11)18)19-16(21)9-25-17(22)10-26-14-6-4-13(5-7-14)20(23)24/h2-8H,9-10H2,1H3,(H,19,21). The van der Waals surface area contributed by atoms with Crippen LogP contribution in [-0.2, 0) is 14.3 Å². The van der Waals surface area contributed by atoms with Crippen molar-refractivity contribution in [1.29, 1.82) is 0 Å². The maximum Gasteiger partial charge on any atom is 0.316 e. The molecule has 0 heterocycles. The van der Waals surface area contributed by atoms with Crippen LogP contribution in [0.3, 0.4) is 0 Å². The van der Waals surface area contributed by atoms with E-state index < -0.39 is 29.2 Å². The summed E-state index contributed by atoms with van der Waals surface area (Å²) < 4.78 is 18.2. The molecular formula is C17H15FN2O5S. The number of nitro benzene ring substituents is 1. The van der Waals surface area contributed by atoms with Gasteiger partial charge in [-0.15, -0.1) is 11.8 Å². The van der Waals surface area contributed by atoms with Gasteiger partial charge in [-0.2, -0.15) is 0 Å². The third kappa shape index (κ3) is 5.85. The molecule has 0 bridgehead atoms. The van der Waals surface area contributed by atoms with E-state index in [4.69, 9.17) is 4.74 Å². The number of hydrogen-bond acceptors (Lipinski definition) is 6. The predicted octanol–water partition coefficient (Wildman–Crippen LogP) is 3.32. The molecule has 0 aliphatic rings. The highest BCUT2D eigenvalue weighted by atomic mass is 32.2. The van der Waals surface area contributed by atoms with Gasteiger partial charge in [0, 0.05) is 22.7 Å². The summed E-state index contributed by atoms with van der Waals surface area (Å²) in [6.45, 7) is 1.11. The predicted molar refractivity (Wildman–Crippen MR) is 94.5 cm³/mol. The summed E-state index contributed by atoms with van der Waals surface area (Å²) in [5.41, 5.74) is 0.688. The van der Waals surface area contributed by atoms with Crippen LogP contribution in [0, 0.1) is 22.9 Å². The Morgan fingerprint density at radius 1 is 1.23 bits per heavy atom. The number of nitro groups is 1. The second kappa shape index (κ2) is 8.95. The molecule has 0 aromatic heterocycles. The van der Waals surface area contributed by atoms with E-state index in [0.29, 0.717) is 10.5 Å². The SMILES string of the molecule is Cc1ccc(NC(=O)COC(=O)CSc2ccc([N+](=O)[O-])cc2)cc1F. The Bertz CT molecular complexity index is 826. The number of thioether (sulfide) groups is 1. The third-order valence-corrected chi connectivity index (χ3v) is 4.21. The van der Waals surface area contributed by atoms with Gasteiger partial charge >= 0.3 is 5.97 Å². The number of non-ortho nitro benzene ring substituents is 1. The van der Waals surface area contributed by atoms with E-state index in [-0.39, 0.29) is 17.1 Å². The maximum atomic E-state index is 13.4. The van der Waals surface area contributed by atoms with Crippen molar-refractivity contribution in [2.75, 3.05) is 17.7 Å². The fraction of sp³-hybridized carbons (Fsp3) is 0.176. The number of esters is 1. The molecule has 0 aliphatic carbocycles. The zero-order valence-electron chi connectivity index (χ0n) is 13.7. The number of hydrogen-bond donors (Lipinski definition) is 1. The molecule has 2 aromatic rings. The van der Waals surface area contributed by atoms with Crippen molar-refractivity contribution in [3.8, 4) is 0 Å². The van der Waals surface area contributed by atoms with Gasteiger partial charge < -0.3 is 10.1 Å². The molecule has 0 saturated heterocycles. The number of carbonyl (C=O) groups excluding carboxylic acids is 2. The van der Waals surface area contributed by atoms with Crippen LogP contribution < -0.4 is 5.32 Å². The molecule has 0 aliphatic heterocycles. The molecule has 26 heavy (non-hydrogen) atoms. The second-order valence-corrected chi connectivity index (χ2v) is 6.26. The summed E-state index contributed by atoms with van der Waals surface area (Å²) in [6.07, 6.45) is 0. The third-order valence-electron chi connectivity index (χ3n) is 3.22. The maximum absolute atomic E-state index is 13.4. The minimum atomic E-state index is -0.612. The van der Waals surface area contributed by atoms with Gasteiger partial charge in [0.15, 0.2) is 6.61 Å². The summed E-state index contributed by atoms with van der Waals surface area (Å²) >= 11 is 1.13. The quantitative estimate of drug-likeness (QED) is 0.343. The fourth-order valence-electron chi connectivity index (χ4n) is 1.86. The molecule has 0 saturated carbocycles. The van der Waals surface area contributed by atoms with Crippen molar-refractivity contribution in [2.24, 2.45) is 0 Å². The first-order valence-corrected chi connectivity index (χ1v) is 8.42. The second-order valence-electron chi connectivity index (χ2n) is 5.21. The number of benzene rings is 2. The molecule has 7 nitrogen and oxygen atoms in total. The number of aryl methyl sites for hydroxylation is 1. The van der Waals surface area contributed by atoms with E-state index in [1.165, 1.54) is 36.4 Å². The molecule has 1 N–H and O–H groups in total. The van der Waals surface area contributed by atoms with Crippen molar-refractivity contribution in [1.82, 2.24) is 0 Å². The Morgan fingerprint density at radius 2 is 1.92 bits per heavy atom. The molecule has 0 unspecified atom stereocenters. The van der Waals surface area contributed by atoms with Gasteiger partial charge in [-0.3, -0.25) is 19.7 Å². The zero-order chi connectivity index (χ0) is 19.1. The van der Waals surface area contributed by atoms with Crippen molar-refractivity contribution >= 4 is 35.0 Å². The fourth-order valence-corrected chi connectivity index (χ4v) is 2.56. The molecule has 2 aromatic carbocycles. The van der Waals surface area contributed by atoms with Crippen molar-refractivity contribution in [3.05, 3.63) is 64.0 Å². The van der Waals surface area contributed by atoms with Crippen molar-refractivity contribution in [3.63, 3.8) is 0 Å². The first-order chi connectivity index (χ1) is 12.3. The van der Waals surface area contributed by atoms with Gasteiger partial charge in [0.05, 0.1) is 10.7 Å². The van der Waals surface area contributed by atoms with Crippen molar-refractivity contribution in [2.45, 2.75) is 11.8 Å². The molecule has 136 valence electrons. The number of nitrogens with zero attached hydrogens (tertiary/aromatic N) is 1. The van der Waals surface area contributed by atoms with E-state index in [1.807, 2.05) is 0 Å². The summed E-state index contributed by atoms with van der Waals surface area (Å²) in [6, 6.07) is 9.97. The first kappa shape index (κ1) is 19.4. The zero-order valence-corrected chi connectivity index (χ0v) is 14.5. The van der Waals surface area contributed by atoms with Crippen LogP contribution in [0.15, 0.2) is 47.4 Å². The van der Waals surface area contributed by atoms with Crippen LogP contribution in [0.5, 0.6) is 0 Å². The summed E-state index contributed by atoms with van der Waals surface area (Å²) in [5, 5.41) is 13.0. The van der Waals surface area contributed by atoms with Gasteiger partial charge in [-0.1, -0.05) is 6.07 Å². The summed E-state index contributed by atoms with van der Waals surface area (Å²) in [4.78, 5) is 34.1. The van der Waals surface area contributed by atoms with Crippen LogP contribution in [0.4, 0.5) is 15.8 Å². The number of rotatable bonds is 7. The topological polar surface area (TPSA) is 98.5 Å². The lowest BCUT2D eigenvalue weighted by atomic mass is 10.2. The number of halogens is 1. The lowest BCUT2D eigenvalue weighted by Crippen LogP contribution is -2.21. The highest BCUT2D eigenvalue weighted by Crippen LogP contribution is 2.21. The Balaban J connectivity index is 1.74. The monoisotopic (exact) mass is 378 g/mol. The average molecular weight is 378 g/mol. The van der Waals surface area contributed by atoms with Gasteiger partial charge in [0.2, 0.25) is 0 Å². The van der Waals surface area contributed by atoms with Crippen LogP contribution in [0.25, 0.3) is 0 Å². The van der Waals surface area contributed by atoms with Gasteiger partial charge in [0.1, 0.15) is 5.82 Å². The summed E-state index contributed by atoms with van der Waals surface area (Å²) in [7, 11) is 0. The number of nitrogens with one attached hydrogen (secondary N) is 1. The molecule has 2 rings (SSSR count). The Labute approximate surface area is 152 Å². The molecular weight excluding hydrogens is 363 g/mol. The van der Waals surface area contributed by atoms with Gasteiger partial charge in [-0.05, 0) is 36.8 Å². The lowest BCUT2D eigenvalue weighted by Gasteiger charge is -2.07. The highest BCUT2D eigenvalue weighted by molar-refractivity contribution is 8.00. The molecule has 0 atom stereocenters. The number of anilines is 1. The molecule has 9 heteroatoms. The number of amides is 1. The largest absolute Gasteiger partial charge is 0.455 e. The first-order valence-electron chi connectivity index (χ1n) is 7.44. The van der Waals surface area contributed by atoms with Crippen LogP contribution in [0.1, 0.15) is 5.56 Å². The highest BCUT2D eigenvalue weighted by Gasteiger charge is 2.10. The Morgan fingerprint density at radius 3 is 2.54 bits per heavy atom. The average Bonchev–Trinajstić information content (AvgIpc) is 2.61. The molecule has 1 amide bonds. The Kier molecular flexibility index (Phi) is 6.67. The van der Waals surface area contributed by atoms with E-state index in [0.717, 1.165) is 11.8 Å². The number of carbonyl (C=O) groups is 2. The van der Waals surface area contributed by atoms with Gasteiger partial charge in [0.25, 0.3) is 11.6 Å². The van der Waals surface area contributed by atoms with E-state index in [2.05, 4.69) is 5.32 Å². The molecule has 0 radical (unpaired) electrons. The lowest BCUT2D eigenvalue weighted by molar-refractivity contribution is -0.384. The van der Waals surface area contributed by atoms with E-state index >= 15 is 0 Å². The van der Waals surface area contributed by atoms with Crippen LogP contribution >= 0.6 is 11.8 Å². The van der Waals surface area contributed by atoms with Gasteiger partial charge in [-0.25, -0.2) is 4.39 Å². The van der Waals surface area contributed by atoms with E-state index in [1.54, 1.807) is 13.0 Å². The van der Waals surface area contributed by atoms with E-state index in [9.17, 15) is 24.1 Å². The molecule has 0 fully saturated rings. The Hall–Kier alpha value is -2.94. The van der Waals surface area contributed by atoms with Crippen LogP contribution in [0.2, 0.25) is 0 Å². The normalized spacial score (nSPS) is 10.2. The molecule has 0 spiro atoms. The minimum absolute atomic E-state index is 0.0406. The summed E-state index contributed by atoms with van der Waals surface area (Å²) in [5.74, 6) is -1.69.